The molecule has 0 bridgehead atoms. The van der Waals surface area contributed by atoms with Crippen LogP contribution in [0.3, 0.4) is 0 Å². The average Bonchev–Trinajstić information content (AvgIpc) is 2.58. The van der Waals surface area contributed by atoms with Crippen molar-refractivity contribution in [2.24, 2.45) is 0 Å². The Kier molecular flexibility index (Phi) is 7.48. The molecule has 4 nitrogen and oxygen atoms in total. The van der Waals surface area contributed by atoms with E-state index in [0.29, 0.717) is 26.2 Å². The average molecular weight is 340 g/mol. The van der Waals surface area contributed by atoms with Crippen LogP contribution < -0.4 is 10.1 Å². The maximum Gasteiger partial charge on any atom is 0.234 e. The molecule has 2 aromatic carbocycles. The Hall–Kier alpha value is -2.33. The normalized spacial score (nSPS) is 10.7. The van der Waals surface area contributed by atoms with Crippen molar-refractivity contribution < 1.29 is 9.53 Å². The number of carbonyl (C=O) groups is 1. The van der Waals surface area contributed by atoms with Gasteiger partial charge in [0, 0.05) is 13.1 Å². The molecule has 0 aliphatic carbocycles. The molecule has 1 amide bonds. The second-order valence-corrected chi connectivity index (χ2v) is 6.43. The largest absolute Gasteiger partial charge is 0.492 e. The van der Waals surface area contributed by atoms with Gasteiger partial charge in [-0.3, -0.25) is 9.69 Å². The molecule has 0 saturated heterocycles. The molecular weight excluding hydrogens is 312 g/mol. The van der Waals surface area contributed by atoms with Crippen molar-refractivity contribution >= 4 is 5.91 Å². The molecule has 0 radical (unpaired) electrons. The maximum atomic E-state index is 12.0. The molecule has 2 aromatic rings. The quantitative estimate of drug-likeness (QED) is 0.763. The van der Waals surface area contributed by atoms with Crippen LogP contribution in [0, 0.1) is 13.8 Å². The van der Waals surface area contributed by atoms with Gasteiger partial charge < -0.3 is 10.1 Å². The van der Waals surface area contributed by atoms with Crippen LogP contribution in [-0.2, 0) is 11.2 Å². The predicted molar refractivity (Wildman–Crippen MR) is 102 cm³/mol. The first-order valence-electron chi connectivity index (χ1n) is 8.74. The molecule has 0 fully saturated rings. The minimum Gasteiger partial charge on any atom is -0.492 e. The van der Waals surface area contributed by atoms with E-state index < -0.39 is 0 Å². The number of amides is 1. The molecule has 25 heavy (non-hydrogen) atoms. The zero-order chi connectivity index (χ0) is 18.1. The molecule has 0 aliphatic heterocycles. The highest BCUT2D eigenvalue weighted by Gasteiger charge is 2.06. The van der Waals surface area contributed by atoms with Crippen LogP contribution in [0.15, 0.2) is 48.5 Å². The van der Waals surface area contributed by atoms with E-state index in [9.17, 15) is 4.79 Å². The molecule has 4 heteroatoms. The van der Waals surface area contributed by atoms with Crippen LogP contribution in [0.4, 0.5) is 0 Å². The third kappa shape index (κ3) is 6.98. The van der Waals surface area contributed by atoms with Gasteiger partial charge in [0.1, 0.15) is 12.4 Å². The van der Waals surface area contributed by atoms with Crippen molar-refractivity contribution in [1.29, 1.82) is 0 Å². The minimum atomic E-state index is 0.0476. The smallest absolute Gasteiger partial charge is 0.234 e. The van der Waals surface area contributed by atoms with E-state index in [0.717, 1.165) is 12.2 Å². The summed E-state index contributed by atoms with van der Waals surface area (Å²) in [5.41, 5.74) is 3.76. The molecule has 0 spiro atoms. The molecule has 2 rings (SSSR count). The Morgan fingerprint density at radius 1 is 1.08 bits per heavy atom. The van der Waals surface area contributed by atoms with Gasteiger partial charge in [0.25, 0.3) is 0 Å². The van der Waals surface area contributed by atoms with Crippen molar-refractivity contribution in [3.05, 3.63) is 65.2 Å². The lowest BCUT2D eigenvalue weighted by Gasteiger charge is -2.17. The lowest BCUT2D eigenvalue weighted by atomic mass is 10.1. The van der Waals surface area contributed by atoms with Crippen LogP contribution in [-0.4, -0.2) is 44.1 Å². The number of benzene rings is 2. The number of carbonyl (C=O) groups excluding carboxylic acids is 1. The van der Waals surface area contributed by atoms with E-state index in [1.165, 1.54) is 16.7 Å². The summed E-state index contributed by atoms with van der Waals surface area (Å²) in [6, 6.07) is 16.3. The zero-order valence-corrected chi connectivity index (χ0v) is 15.4. The zero-order valence-electron chi connectivity index (χ0n) is 15.4. The van der Waals surface area contributed by atoms with Crippen LogP contribution >= 0.6 is 0 Å². The summed E-state index contributed by atoms with van der Waals surface area (Å²) >= 11 is 0. The van der Waals surface area contributed by atoms with Gasteiger partial charge in [-0.15, -0.1) is 0 Å². The predicted octanol–water partition coefficient (Wildman–Crippen LogP) is 2.97. The van der Waals surface area contributed by atoms with E-state index in [1.54, 1.807) is 0 Å². The van der Waals surface area contributed by atoms with E-state index in [1.807, 2.05) is 48.3 Å². The topological polar surface area (TPSA) is 41.6 Å². The van der Waals surface area contributed by atoms with Crippen LogP contribution in [0.2, 0.25) is 0 Å². The molecular formula is C21H28N2O2. The second kappa shape index (κ2) is 9.84. The highest BCUT2D eigenvalue weighted by atomic mass is 16.5. The second-order valence-electron chi connectivity index (χ2n) is 6.43. The first-order chi connectivity index (χ1) is 12.0. The Labute approximate surface area is 150 Å². The summed E-state index contributed by atoms with van der Waals surface area (Å²) in [5, 5.41) is 2.98. The number of hydrogen-bond acceptors (Lipinski definition) is 3. The summed E-state index contributed by atoms with van der Waals surface area (Å²) in [6.07, 6.45) is 0.860. The first kappa shape index (κ1) is 19.0. The molecule has 0 aromatic heterocycles. The molecule has 1 N–H and O–H groups in total. The number of ether oxygens (including phenoxy) is 1. The van der Waals surface area contributed by atoms with Crippen molar-refractivity contribution in [2.75, 3.05) is 33.3 Å². The number of likely N-dealkylation sites (N-methyl/N-ethyl adjacent to an activating group) is 1. The molecule has 0 unspecified atom stereocenters. The minimum absolute atomic E-state index is 0.0476. The Balaban J connectivity index is 1.61. The van der Waals surface area contributed by atoms with Crippen molar-refractivity contribution in [1.82, 2.24) is 10.2 Å². The molecule has 0 saturated carbocycles. The summed E-state index contributed by atoms with van der Waals surface area (Å²) in [7, 11) is 1.93. The fourth-order valence-corrected chi connectivity index (χ4v) is 2.56. The summed E-state index contributed by atoms with van der Waals surface area (Å²) in [6.45, 7) is 6.46. The molecule has 0 atom stereocenters. The SMILES string of the molecule is Cc1ccc(OCCN(C)CC(=O)NCCc2ccccc2C)cc1. The fraction of sp³-hybridized carbons (Fsp3) is 0.381. The summed E-state index contributed by atoms with van der Waals surface area (Å²) in [4.78, 5) is 14.0. The first-order valence-corrected chi connectivity index (χ1v) is 8.74. The fourth-order valence-electron chi connectivity index (χ4n) is 2.56. The lowest BCUT2D eigenvalue weighted by Crippen LogP contribution is -2.37. The third-order valence-electron chi connectivity index (χ3n) is 4.15. The summed E-state index contributed by atoms with van der Waals surface area (Å²) in [5.74, 6) is 0.910. The Bertz CT molecular complexity index is 668. The lowest BCUT2D eigenvalue weighted by molar-refractivity contribution is -0.121. The molecule has 0 heterocycles. The van der Waals surface area contributed by atoms with Crippen LogP contribution in [0.25, 0.3) is 0 Å². The number of nitrogens with one attached hydrogen (secondary N) is 1. The number of aryl methyl sites for hydroxylation is 2. The highest BCUT2D eigenvalue weighted by molar-refractivity contribution is 5.77. The van der Waals surface area contributed by atoms with E-state index in [2.05, 4.69) is 31.3 Å². The molecule has 0 aliphatic rings. The number of hydrogen-bond donors (Lipinski definition) is 1. The standard InChI is InChI=1S/C21H28N2O2/c1-17-8-10-20(11-9-17)25-15-14-23(3)16-21(24)22-13-12-19-7-5-4-6-18(19)2/h4-11H,12-16H2,1-3H3,(H,22,24). The number of rotatable bonds is 9. The summed E-state index contributed by atoms with van der Waals surface area (Å²) < 4.78 is 5.69. The van der Waals surface area contributed by atoms with E-state index >= 15 is 0 Å². The van der Waals surface area contributed by atoms with Gasteiger partial charge in [-0.1, -0.05) is 42.0 Å². The van der Waals surface area contributed by atoms with Gasteiger partial charge in [0.2, 0.25) is 5.91 Å². The Morgan fingerprint density at radius 3 is 2.52 bits per heavy atom. The van der Waals surface area contributed by atoms with Gasteiger partial charge in [-0.25, -0.2) is 0 Å². The number of nitrogens with zero attached hydrogens (tertiary/aromatic N) is 1. The van der Waals surface area contributed by atoms with Crippen molar-refractivity contribution in [3.63, 3.8) is 0 Å². The van der Waals surface area contributed by atoms with Gasteiger partial charge in [-0.05, 0) is 50.6 Å². The van der Waals surface area contributed by atoms with Crippen LogP contribution in [0.5, 0.6) is 5.75 Å². The molecule has 134 valence electrons. The van der Waals surface area contributed by atoms with Gasteiger partial charge in [0.05, 0.1) is 6.54 Å². The highest BCUT2D eigenvalue weighted by Crippen LogP contribution is 2.11. The Morgan fingerprint density at radius 2 is 1.80 bits per heavy atom. The van der Waals surface area contributed by atoms with Gasteiger partial charge >= 0.3 is 0 Å². The van der Waals surface area contributed by atoms with Crippen molar-refractivity contribution in [3.8, 4) is 5.75 Å². The monoisotopic (exact) mass is 340 g/mol. The third-order valence-corrected chi connectivity index (χ3v) is 4.15. The maximum absolute atomic E-state index is 12.0. The van der Waals surface area contributed by atoms with Crippen LogP contribution in [0.1, 0.15) is 16.7 Å². The van der Waals surface area contributed by atoms with Gasteiger partial charge in [-0.2, -0.15) is 0 Å². The van der Waals surface area contributed by atoms with Crippen molar-refractivity contribution in [2.45, 2.75) is 20.3 Å². The van der Waals surface area contributed by atoms with E-state index in [-0.39, 0.29) is 5.91 Å². The van der Waals surface area contributed by atoms with Gasteiger partial charge in [0.15, 0.2) is 0 Å². The van der Waals surface area contributed by atoms with E-state index in [4.69, 9.17) is 4.74 Å².